The molecule has 3 unspecified atom stereocenters. The summed E-state index contributed by atoms with van der Waals surface area (Å²) in [6.07, 6.45) is 1.12. The number of nitrogens with two attached hydrogens (primary N) is 1. The third-order valence-corrected chi connectivity index (χ3v) is 4.57. The molecule has 1 aromatic rings. The molecule has 6 nitrogen and oxygen atoms in total. The van der Waals surface area contributed by atoms with Gasteiger partial charge in [-0.1, -0.05) is 24.3 Å². The zero-order chi connectivity index (χ0) is 19.1. The number of halogens is 1. The average molecular weight is 366 g/mol. The van der Waals surface area contributed by atoms with E-state index in [9.17, 15) is 19.1 Å². The molecule has 1 saturated heterocycles. The maximum absolute atomic E-state index is 12.3. The normalized spacial score (nSPS) is 21.0. The summed E-state index contributed by atoms with van der Waals surface area (Å²) in [5, 5.41) is 9.39. The Morgan fingerprint density at radius 3 is 2.58 bits per heavy atom. The number of hydrogen-bond donors (Lipinski definition) is 2. The first-order valence-corrected chi connectivity index (χ1v) is 8.94. The van der Waals surface area contributed by atoms with Crippen LogP contribution in [0.5, 0.6) is 0 Å². The fourth-order valence-electron chi connectivity index (χ4n) is 3.05. The van der Waals surface area contributed by atoms with Gasteiger partial charge >= 0.3 is 5.97 Å². The first-order chi connectivity index (χ1) is 12.4. The summed E-state index contributed by atoms with van der Waals surface area (Å²) in [7, 11) is 0. The van der Waals surface area contributed by atoms with Gasteiger partial charge in [-0.25, -0.2) is 4.79 Å². The van der Waals surface area contributed by atoms with Crippen LogP contribution in [0.15, 0.2) is 24.3 Å². The van der Waals surface area contributed by atoms with E-state index in [1.54, 1.807) is 0 Å². The lowest BCUT2D eigenvalue weighted by molar-refractivity contribution is -0.148. The second-order valence-electron chi connectivity index (χ2n) is 6.84. The van der Waals surface area contributed by atoms with Crippen LogP contribution in [0.3, 0.4) is 0 Å². The van der Waals surface area contributed by atoms with Crippen molar-refractivity contribution in [2.45, 2.75) is 57.4 Å². The van der Waals surface area contributed by atoms with Gasteiger partial charge in [0.05, 0.1) is 19.4 Å². The first-order valence-electron chi connectivity index (χ1n) is 8.94. The van der Waals surface area contributed by atoms with Crippen LogP contribution < -0.4 is 5.73 Å². The zero-order valence-electron chi connectivity index (χ0n) is 15.1. The van der Waals surface area contributed by atoms with Crippen molar-refractivity contribution in [3.8, 4) is 0 Å². The molecule has 144 valence electrons. The fraction of sp³-hybridized carbons (Fsp3) is 0.579. The predicted octanol–water partition coefficient (Wildman–Crippen LogP) is 1.90. The van der Waals surface area contributed by atoms with Crippen LogP contribution in [-0.4, -0.2) is 53.3 Å². The number of alkyl halides is 1. The van der Waals surface area contributed by atoms with E-state index in [0.29, 0.717) is 19.4 Å². The highest BCUT2D eigenvalue weighted by Crippen LogP contribution is 2.23. The summed E-state index contributed by atoms with van der Waals surface area (Å²) >= 11 is 0. The fourth-order valence-corrected chi connectivity index (χ4v) is 3.05. The van der Waals surface area contributed by atoms with E-state index in [4.69, 9.17) is 10.5 Å². The number of carbonyl (C=O) groups excluding carboxylic acids is 1. The highest BCUT2D eigenvalue weighted by molar-refractivity contribution is 5.84. The van der Waals surface area contributed by atoms with Crippen LogP contribution in [0.2, 0.25) is 0 Å². The number of rotatable bonds is 9. The number of aryl methyl sites for hydroxylation is 1. The van der Waals surface area contributed by atoms with Crippen molar-refractivity contribution in [2.24, 2.45) is 5.73 Å². The van der Waals surface area contributed by atoms with Crippen molar-refractivity contribution < 1.29 is 23.8 Å². The molecule has 1 fully saturated rings. The average Bonchev–Trinajstić information content (AvgIpc) is 3.04. The molecule has 0 radical (unpaired) electrons. The van der Waals surface area contributed by atoms with E-state index in [2.05, 4.69) is 0 Å². The molecule has 1 amide bonds. The largest absolute Gasteiger partial charge is 0.480 e. The Balaban J connectivity index is 1.90. The maximum Gasteiger partial charge on any atom is 0.326 e. The number of hydrogen-bond acceptors (Lipinski definition) is 4. The SMILES string of the molecule is CC(N)CCC(=O)N1CC(OCc2ccc(CCF)cc2)CC1C(=O)O. The summed E-state index contributed by atoms with van der Waals surface area (Å²) in [5.41, 5.74) is 7.53. The Kier molecular flexibility index (Phi) is 7.53. The Hall–Kier alpha value is -1.99. The lowest BCUT2D eigenvalue weighted by atomic mass is 10.1. The van der Waals surface area contributed by atoms with Crippen LogP contribution in [-0.2, 0) is 27.4 Å². The van der Waals surface area contributed by atoms with Gasteiger partial charge in [0.15, 0.2) is 0 Å². The van der Waals surface area contributed by atoms with E-state index in [1.165, 1.54) is 4.90 Å². The van der Waals surface area contributed by atoms with Crippen LogP contribution in [0.1, 0.15) is 37.3 Å². The molecular formula is C19H27FN2O4. The smallest absolute Gasteiger partial charge is 0.326 e. The summed E-state index contributed by atoms with van der Waals surface area (Å²) in [5.74, 6) is -1.21. The van der Waals surface area contributed by atoms with E-state index in [1.807, 2.05) is 31.2 Å². The number of carboxylic acids is 1. The second kappa shape index (κ2) is 9.64. The number of nitrogens with zero attached hydrogens (tertiary/aromatic N) is 1. The van der Waals surface area contributed by atoms with E-state index in [0.717, 1.165) is 11.1 Å². The molecule has 0 saturated carbocycles. The Morgan fingerprint density at radius 1 is 1.35 bits per heavy atom. The monoisotopic (exact) mass is 366 g/mol. The van der Waals surface area contributed by atoms with E-state index < -0.39 is 12.0 Å². The number of benzene rings is 1. The van der Waals surface area contributed by atoms with Gasteiger partial charge in [0, 0.05) is 31.8 Å². The second-order valence-corrected chi connectivity index (χ2v) is 6.84. The number of carbonyl (C=O) groups is 2. The van der Waals surface area contributed by atoms with Crippen LogP contribution >= 0.6 is 0 Å². The standard InChI is InChI=1S/C19H27FN2O4/c1-13(21)2-7-18(23)22-11-16(10-17(22)19(24)25)26-12-15-5-3-14(4-6-15)8-9-20/h3-6,13,16-17H,2,7-12,21H2,1H3,(H,24,25). The molecule has 0 bridgehead atoms. The van der Waals surface area contributed by atoms with Crippen molar-refractivity contribution in [3.05, 3.63) is 35.4 Å². The molecule has 0 aliphatic carbocycles. The summed E-state index contributed by atoms with van der Waals surface area (Å²) in [6, 6.07) is 6.51. The predicted molar refractivity (Wildman–Crippen MR) is 95.3 cm³/mol. The number of ether oxygens (including phenoxy) is 1. The van der Waals surface area contributed by atoms with Crippen LogP contribution in [0, 0.1) is 0 Å². The van der Waals surface area contributed by atoms with Crippen molar-refractivity contribution in [2.75, 3.05) is 13.2 Å². The molecule has 1 aliphatic heterocycles. The van der Waals surface area contributed by atoms with Gasteiger partial charge in [-0.2, -0.15) is 0 Å². The Bertz CT molecular complexity index is 606. The minimum atomic E-state index is -1.01. The lowest BCUT2D eigenvalue weighted by Crippen LogP contribution is -2.41. The molecule has 1 aliphatic rings. The summed E-state index contributed by atoms with van der Waals surface area (Å²) < 4.78 is 18.1. The van der Waals surface area contributed by atoms with Crippen molar-refractivity contribution in [3.63, 3.8) is 0 Å². The van der Waals surface area contributed by atoms with Gasteiger partial charge in [-0.05, 0) is 24.5 Å². The Labute approximate surface area is 153 Å². The molecular weight excluding hydrogens is 339 g/mol. The van der Waals surface area contributed by atoms with E-state index in [-0.39, 0.29) is 44.1 Å². The minimum Gasteiger partial charge on any atom is -0.480 e. The molecule has 0 aromatic heterocycles. The minimum absolute atomic E-state index is 0.0998. The third-order valence-electron chi connectivity index (χ3n) is 4.57. The van der Waals surface area contributed by atoms with Gasteiger partial charge < -0.3 is 20.5 Å². The molecule has 2 rings (SSSR count). The van der Waals surface area contributed by atoms with Crippen molar-refractivity contribution in [1.82, 2.24) is 4.90 Å². The van der Waals surface area contributed by atoms with Gasteiger partial charge in [0.1, 0.15) is 6.04 Å². The molecule has 1 heterocycles. The number of likely N-dealkylation sites (tertiary alicyclic amines) is 1. The van der Waals surface area contributed by atoms with Gasteiger partial charge in [-0.3, -0.25) is 9.18 Å². The maximum atomic E-state index is 12.3. The van der Waals surface area contributed by atoms with Gasteiger partial charge in [0.2, 0.25) is 5.91 Å². The van der Waals surface area contributed by atoms with Gasteiger partial charge in [-0.15, -0.1) is 0 Å². The molecule has 3 atom stereocenters. The number of aliphatic carboxylic acids is 1. The number of amides is 1. The highest BCUT2D eigenvalue weighted by Gasteiger charge is 2.39. The molecule has 26 heavy (non-hydrogen) atoms. The summed E-state index contributed by atoms with van der Waals surface area (Å²) in [6.45, 7) is 2.03. The van der Waals surface area contributed by atoms with Gasteiger partial charge in [0.25, 0.3) is 0 Å². The zero-order valence-corrected chi connectivity index (χ0v) is 15.1. The lowest BCUT2D eigenvalue weighted by Gasteiger charge is -2.21. The summed E-state index contributed by atoms with van der Waals surface area (Å²) in [4.78, 5) is 25.2. The number of carboxylic acid groups (broad SMARTS) is 1. The molecule has 3 N–H and O–H groups in total. The quantitative estimate of drug-likeness (QED) is 0.696. The Morgan fingerprint density at radius 2 is 2.00 bits per heavy atom. The van der Waals surface area contributed by atoms with E-state index >= 15 is 0 Å². The topological polar surface area (TPSA) is 92.9 Å². The molecule has 7 heteroatoms. The van der Waals surface area contributed by atoms with Crippen LogP contribution in [0.25, 0.3) is 0 Å². The van der Waals surface area contributed by atoms with Crippen LogP contribution in [0.4, 0.5) is 4.39 Å². The molecule has 0 spiro atoms. The molecule has 1 aromatic carbocycles. The van der Waals surface area contributed by atoms with Crippen molar-refractivity contribution >= 4 is 11.9 Å². The third kappa shape index (κ3) is 5.78. The highest BCUT2D eigenvalue weighted by atomic mass is 19.1. The van der Waals surface area contributed by atoms with Crippen molar-refractivity contribution in [1.29, 1.82) is 0 Å². The first kappa shape index (κ1) is 20.3.